The highest BCUT2D eigenvalue weighted by Crippen LogP contribution is 2.16. The normalized spacial score (nSPS) is 15.3. The summed E-state index contributed by atoms with van der Waals surface area (Å²) in [6.07, 6.45) is 0. The molecule has 5 nitrogen and oxygen atoms in total. The minimum Gasteiger partial charge on any atom is -0.360 e. The molecule has 0 radical (unpaired) electrons. The number of aryl methyl sites for hydroxylation is 1. The SMILES string of the molecule is Cc1ccc(-c2nc(=S)n(C[NH+]3CCN(c4ccc(F)cc4)CC3)[nH]2)cc1. The molecular weight excluding hydrogens is 361 g/mol. The fourth-order valence-electron chi connectivity index (χ4n) is 3.42. The molecule has 4 rings (SSSR count). The first-order valence-electron chi connectivity index (χ1n) is 9.16. The number of rotatable bonds is 4. The zero-order valence-electron chi connectivity index (χ0n) is 15.3. The van der Waals surface area contributed by atoms with Gasteiger partial charge >= 0.3 is 0 Å². The van der Waals surface area contributed by atoms with Gasteiger partial charge in [-0.05, 0) is 43.4 Å². The number of aromatic amines is 1. The second kappa shape index (κ2) is 7.62. The number of nitrogens with zero attached hydrogens (tertiary/aromatic N) is 3. The number of benzene rings is 2. The van der Waals surface area contributed by atoms with Crippen LogP contribution in [0.2, 0.25) is 0 Å². The lowest BCUT2D eigenvalue weighted by atomic mass is 10.1. The molecular formula is C20H23FN5S+. The van der Waals surface area contributed by atoms with Crippen LogP contribution in [0.4, 0.5) is 10.1 Å². The second-order valence-electron chi connectivity index (χ2n) is 7.02. The summed E-state index contributed by atoms with van der Waals surface area (Å²) in [5, 5.41) is 3.34. The highest BCUT2D eigenvalue weighted by Gasteiger charge is 2.21. The molecule has 0 atom stereocenters. The van der Waals surface area contributed by atoms with E-state index in [1.165, 1.54) is 22.6 Å². The Morgan fingerprint density at radius 2 is 1.74 bits per heavy atom. The Balaban J connectivity index is 1.40. The van der Waals surface area contributed by atoms with Crippen molar-refractivity contribution in [3.8, 4) is 11.4 Å². The van der Waals surface area contributed by atoms with E-state index >= 15 is 0 Å². The fourth-order valence-corrected chi connectivity index (χ4v) is 3.62. The number of H-pyrrole nitrogens is 1. The van der Waals surface area contributed by atoms with E-state index in [0.29, 0.717) is 4.77 Å². The summed E-state index contributed by atoms with van der Waals surface area (Å²) in [5.41, 5.74) is 3.34. The Morgan fingerprint density at radius 1 is 1.07 bits per heavy atom. The number of hydrogen-bond acceptors (Lipinski definition) is 3. The van der Waals surface area contributed by atoms with Crippen molar-refractivity contribution in [1.82, 2.24) is 14.8 Å². The number of quaternary nitrogens is 1. The topological polar surface area (TPSA) is 41.3 Å². The Kier molecular flexibility index (Phi) is 5.05. The molecule has 0 saturated carbocycles. The van der Waals surface area contributed by atoms with Crippen LogP contribution >= 0.6 is 12.2 Å². The maximum atomic E-state index is 13.1. The van der Waals surface area contributed by atoms with E-state index in [1.54, 1.807) is 0 Å². The molecule has 3 aromatic rings. The van der Waals surface area contributed by atoms with Gasteiger partial charge in [0.15, 0.2) is 12.5 Å². The minimum atomic E-state index is -0.194. The molecule has 0 aliphatic carbocycles. The standard InChI is InChI=1S/C20H22FN5S/c1-15-2-4-16(5-3-15)19-22-20(27)26(23-19)14-24-10-12-25(13-11-24)18-8-6-17(21)7-9-18/h2-9H,10-14H2,1H3,(H,22,23,27)/p+1. The fraction of sp³-hybridized carbons (Fsp3) is 0.300. The molecule has 1 fully saturated rings. The summed E-state index contributed by atoms with van der Waals surface area (Å²) < 4.78 is 15.6. The lowest BCUT2D eigenvalue weighted by molar-refractivity contribution is -0.924. The van der Waals surface area contributed by atoms with Crippen LogP contribution in [-0.2, 0) is 6.67 Å². The van der Waals surface area contributed by atoms with Gasteiger partial charge in [-0.3, -0.25) is 5.10 Å². The first-order chi connectivity index (χ1) is 13.1. The predicted octanol–water partition coefficient (Wildman–Crippen LogP) is 2.42. The van der Waals surface area contributed by atoms with Gasteiger partial charge in [0.2, 0.25) is 4.77 Å². The van der Waals surface area contributed by atoms with Gasteiger partial charge < -0.3 is 9.80 Å². The average Bonchev–Trinajstić information content (AvgIpc) is 3.04. The molecule has 27 heavy (non-hydrogen) atoms. The van der Waals surface area contributed by atoms with Crippen molar-refractivity contribution in [3.05, 3.63) is 64.7 Å². The minimum absolute atomic E-state index is 0.194. The van der Waals surface area contributed by atoms with Gasteiger partial charge in [0.25, 0.3) is 0 Å². The van der Waals surface area contributed by atoms with E-state index in [2.05, 4.69) is 46.2 Å². The lowest BCUT2D eigenvalue weighted by Gasteiger charge is -2.33. The van der Waals surface area contributed by atoms with Crippen molar-refractivity contribution in [2.24, 2.45) is 0 Å². The van der Waals surface area contributed by atoms with E-state index in [4.69, 9.17) is 12.2 Å². The summed E-state index contributed by atoms with van der Waals surface area (Å²) in [7, 11) is 0. The number of nitrogens with one attached hydrogen (secondary N) is 2. The molecule has 0 amide bonds. The summed E-state index contributed by atoms with van der Waals surface area (Å²) in [6.45, 7) is 6.71. The highest BCUT2D eigenvalue weighted by molar-refractivity contribution is 7.71. The smallest absolute Gasteiger partial charge is 0.221 e. The van der Waals surface area contributed by atoms with Gasteiger partial charge in [0.1, 0.15) is 5.82 Å². The van der Waals surface area contributed by atoms with Crippen LogP contribution in [0.5, 0.6) is 0 Å². The van der Waals surface area contributed by atoms with Crippen molar-refractivity contribution in [3.63, 3.8) is 0 Å². The lowest BCUT2D eigenvalue weighted by Crippen LogP contribution is -3.14. The summed E-state index contributed by atoms with van der Waals surface area (Å²) in [4.78, 5) is 8.26. The monoisotopic (exact) mass is 384 g/mol. The number of anilines is 1. The third kappa shape index (κ3) is 4.09. The Bertz CT molecular complexity index is 953. The van der Waals surface area contributed by atoms with Crippen LogP contribution in [0.1, 0.15) is 5.56 Å². The summed E-state index contributed by atoms with van der Waals surface area (Å²) >= 11 is 5.44. The number of aromatic nitrogens is 3. The number of piperazine rings is 1. The molecule has 0 spiro atoms. The van der Waals surface area contributed by atoms with Crippen molar-refractivity contribution < 1.29 is 9.29 Å². The predicted molar refractivity (Wildman–Crippen MR) is 107 cm³/mol. The molecule has 2 aromatic carbocycles. The molecule has 2 heterocycles. The highest BCUT2D eigenvalue weighted by atomic mass is 32.1. The molecule has 0 bridgehead atoms. The number of halogens is 1. The van der Waals surface area contributed by atoms with Crippen molar-refractivity contribution >= 4 is 17.9 Å². The van der Waals surface area contributed by atoms with Crippen LogP contribution in [0.25, 0.3) is 11.4 Å². The molecule has 140 valence electrons. The third-order valence-electron chi connectivity index (χ3n) is 5.05. The first-order valence-corrected chi connectivity index (χ1v) is 9.57. The van der Waals surface area contributed by atoms with Crippen LogP contribution in [-0.4, -0.2) is 40.9 Å². The van der Waals surface area contributed by atoms with Gasteiger partial charge in [-0.15, -0.1) is 0 Å². The van der Waals surface area contributed by atoms with Gasteiger partial charge in [0, 0.05) is 11.3 Å². The quantitative estimate of drug-likeness (QED) is 0.679. The van der Waals surface area contributed by atoms with Crippen molar-refractivity contribution in [2.45, 2.75) is 13.6 Å². The second-order valence-corrected chi connectivity index (χ2v) is 7.39. The van der Waals surface area contributed by atoms with Crippen LogP contribution < -0.4 is 9.80 Å². The molecule has 7 heteroatoms. The Morgan fingerprint density at radius 3 is 2.41 bits per heavy atom. The van der Waals surface area contributed by atoms with Crippen LogP contribution in [0, 0.1) is 17.5 Å². The van der Waals surface area contributed by atoms with Gasteiger partial charge in [0.05, 0.1) is 26.2 Å². The maximum absolute atomic E-state index is 13.1. The molecule has 2 N–H and O–H groups in total. The largest absolute Gasteiger partial charge is 0.360 e. The molecule has 0 unspecified atom stereocenters. The van der Waals surface area contributed by atoms with Gasteiger partial charge in [-0.25, -0.2) is 9.07 Å². The zero-order chi connectivity index (χ0) is 18.8. The summed E-state index contributed by atoms with van der Waals surface area (Å²) in [6, 6.07) is 15.0. The Hall–Kier alpha value is -2.51. The average molecular weight is 385 g/mol. The van der Waals surface area contributed by atoms with Gasteiger partial charge in [-0.1, -0.05) is 29.8 Å². The van der Waals surface area contributed by atoms with E-state index in [0.717, 1.165) is 49.9 Å². The molecule has 1 aliphatic rings. The molecule has 1 aliphatic heterocycles. The van der Waals surface area contributed by atoms with E-state index in [9.17, 15) is 4.39 Å². The Labute approximate surface area is 163 Å². The number of hydrogen-bond donors (Lipinski definition) is 2. The maximum Gasteiger partial charge on any atom is 0.221 e. The van der Waals surface area contributed by atoms with E-state index in [1.807, 2.05) is 16.8 Å². The van der Waals surface area contributed by atoms with Crippen molar-refractivity contribution in [2.75, 3.05) is 31.1 Å². The summed E-state index contributed by atoms with van der Waals surface area (Å²) in [5.74, 6) is 0.616. The molecule has 1 saturated heterocycles. The first kappa shape index (κ1) is 17.9. The zero-order valence-corrected chi connectivity index (χ0v) is 16.1. The van der Waals surface area contributed by atoms with Crippen LogP contribution in [0.3, 0.4) is 0 Å². The van der Waals surface area contributed by atoms with Crippen LogP contribution in [0.15, 0.2) is 48.5 Å². The van der Waals surface area contributed by atoms with Gasteiger partial charge in [-0.2, -0.15) is 4.98 Å². The third-order valence-corrected chi connectivity index (χ3v) is 5.36. The van der Waals surface area contributed by atoms with E-state index < -0.39 is 0 Å². The van der Waals surface area contributed by atoms with Crippen molar-refractivity contribution in [1.29, 1.82) is 0 Å². The molecule has 1 aromatic heterocycles. The van der Waals surface area contributed by atoms with E-state index in [-0.39, 0.29) is 5.82 Å².